The Morgan fingerprint density at radius 3 is 2.80 bits per heavy atom. The van der Waals surface area contributed by atoms with Crippen molar-refractivity contribution < 1.29 is 9.13 Å². The molecule has 30 heavy (non-hydrogen) atoms. The smallest absolute Gasteiger partial charge is 0.333 e. The Bertz CT molecular complexity index is 1370. The van der Waals surface area contributed by atoms with Gasteiger partial charge in [-0.05, 0) is 29.8 Å². The van der Waals surface area contributed by atoms with Gasteiger partial charge < -0.3 is 9.72 Å². The predicted octanol–water partition coefficient (Wildman–Crippen LogP) is 3.78. The Morgan fingerprint density at radius 1 is 1.20 bits per heavy atom. The van der Waals surface area contributed by atoms with E-state index >= 15 is 0 Å². The summed E-state index contributed by atoms with van der Waals surface area (Å²) in [5, 5.41) is 0.373. The number of aromatic nitrogens is 4. The van der Waals surface area contributed by atoms with Crippen LogP contribution >= 0.6 is 34.2 Å². The van der Waals surface area contributed by atoms with Crippen molar-refractivity contribution in [1.29, 1.82) is 0 Å². The zero-order chi connectivity index (χ0) is 21.3. The first-order chi connectivity index (χ1) is 14.5. The fourth-order valence-electron chi connectivity index (χ4n) is 2.94. The van der Waals surface area contributed by atoms with Crippen molar-refractivity contribution in [2.24, 2.45) is 0 Å². The molecule has 0 saturated heterocycles. The highest BCUT2D eigenvalue weighted by molar-refractivity contribution is 14.1. The van der Waals surface area contributed by atoms with E-state index in [9.17, 15) is 14.0 Å². The Balaban J connectivity index is 1.80. The molecule has 0 amide bonds. The van der Waals surface area contributed by atoms with Crippen LogP contribution < -0.4 is 16.0 Å². The Labute approximate surface area is 187 Å². The van der Waals surface area contributed by atoms with Crippen LogP contribution in [-0.4, -0.2) is 19.5 Å². The normalized spacial score (nSPS) is 11.0. The molecule has 7 nitrogen and oxygen atoms in total. The summed E-state index contributed by atoms with van der Waals surface area (Å²) in [5.41, 5.74) is 0.413. The second-order valence-corrected chi connectivity index (χ2v) is 7.42. The summed E-state index contributed by atoms with van der Waals surface area (Å²) in [6, 6.07) is 9.21. The fourth-order valence-corrected chi connectivity index (χ4v) is 3.74. The monoisotopic (exact) mass is 538 g/mol. The molecule has 10 heteroatoms. The van der Waals surface area contributed by atoms with Gasteiger partial charge in [0.25, 0.3) is 5.56 Å². The highest BCUT2D eigenvalue weighted by Crippen LogP contribution is 2.23. The number of alkyl halides is 1. The lowest BCUT2D eigenvalue weighted by atomic mass is 10.2. The minimum atomic E-state index is -0.615. The molecule has 1 aromatic carbocycles. The van der Waals surface area contributed by atoms with E-state index in [1.807, 2.05) is 0 Å². The van der Waals surface area contributed by atoms with Crippen molar-refractivity contribution in [3.05, 3.63) is 91.9 Å². The predicted molar refractivity (Wildman–Crippen MR) is 119 cm³/mol. The molecular formula is C20H13ClFIN4O3. The van der Waals surface area contributed by atoms with Crippen molar-refractivity contribution in [3.63, 3.8) is 0 Å². The molecule has 3 heterocycles. The number of nitrogens with zero attached hydrogens (tertiary/aromatic N) is 3. The van der Waals surface area contributed by atoms with E-state index in [1.54, 1.807) is 18.2 Å². The minimum Gasteiger partial charge on any atom is -0.487 e. The van der Waals surface area contributed by atoms with Crippen LogP contribution in [0.15, 0.2) is 58.4 Å². The largest absolute Gasteiger partial charge is 0.487 e. The van der Waals surface area contributed by atoms with Crippen molar-refractivity contribution in [2.45, 2.75) is 11.0 Å². The molecule has 4 aromatic rings. The Hall–Kier alpha value is -2.79. The second-order valence-electron chi connectivity index (χ2n) is 6.27. The average molecular weight is 539 g/mol. The molecule has 0 bridgehead atoms. The number of pyridine rings is 2. The standard InChI is InChI=1S/C20H13ClFIN4O3/c21-18-7-13-15(9-25-18)26-20(29)27(19(13)28)17-6-12(4-3-11(17)8-23)30-10-16-14(22)2-1-5-24-16/h1-7,9H,8,10H2,(H,26,29). The molecule has 0 saturated carbocycles. The third-order valence-electron chi connectivity index (χ3n) is 4.40. The molecule has 152 valence electrons. The fraction of sp³-hybridized carbons (Fsp3) is 0.100. The molecule has 0 aliphatic carbocycles. The number of halogens is 3. The van der Waals surface area contributed by atoms with Gasteiger partial charge in [0.15, 0.2) is 0 Å². The number of nitrogens with one attached hydrogen (secondary N) is 1. The molecule has 0 aliphatic rings. The summed E-state index contributed by atoms with van der Waals surface area (Å²) >= 11 is 8.06. The summed E-state index contributed by atoms with van der Waals surface area (Å²) < 4.78 is 21.0. The lowest BCUT2D eigenvalue weighted by Gasteiger charge is -2.13. The molecular weight excluding hydrogens is 526 g/mol. The quantitative estimate of drug-likeness (QED) is 0.237. The van der Waals surface area contributed by atoms with Crippen molar-refractivity contribution in [1.82, 2.24) is 19.5 Å². The number of hydrogen-bond acceptors (Lipinski definition) is 5. The number of rotatable bonds is 5. The summed E-state index contributed by atoms with van der Waals surface area (Å²) in [4.78, 5) is 36.2. The van der Waals surface area contributed by atoms with Crippen LogP contribution in [0.1, 0.15) is 11.3 Å². The Morgan fingerprint density at radius 2 is 2.03 bits per heavy atom. The highest BCUT2D eigenvalue weighted by atomic mass is 127. The van der Waals surface area contributed by atoms with Gasteiger partial charge in [-0.2, -0.15) is 0 Å². The molecule has 4 rings (SSSR count). The lowest BCUT2D eigenvalue weighted by molar-refractivity contribution is 0.294. The maximum atomic E-state index is 13.8. The molecule has 0 atom stereocenters. The van der Waals surface area contributed by atoms with Crippen LogP contribution in [0.2, 0.25) is 5.15 Å². The van der Waals surface area contributed by atoms with E-state index in [4.69, 9.17) is 16.3 Å². The molecule has 3 aromatic heterocycles. The SMILES string of the molecule is O=c1[nH]c2cnc(Cl)cc2c(=O)n1-c1cc(OCc2ncccc2F)ccc1CI. The van der Waals surface area contributed by atoms with E-state index in [0.29, 0.717) is 21.4 Å². The van der Waals surface area contributed by atoms with Gasteiger partial charge in [-0.1, -0.05) is 40.3 Å². The average Bonchev–Trinajstić information content (AvgIpc) is 2.74. The number of ether oxygens (including phenoxy) is 1. The molecule has 0 fully saturated rings. The first-order valence-corrected chi connectivity index (χ1v) is 10.6. The number of H-pyrrole nitrogens is 1. The second kappa shape index (κ2) is 8.52. The highest BCUT2D eigenvalue weighted by Gasteiger charge is 2.15. The molecule has 0 aliphatic heterocycles. The van der Waals surface area contributed by atoms with Gasteiger partial charge >= 0.3 is 5.69 Å². The van der Waals surface area contributed by atoms with Gasteiger partial charge in [-0.25, -0.2) is 18.7 Å². The van der Waals surface area contributed by atoms with E-state index < -0.39 is 17.1 Å². The zero-order valence-electron chi connectivity index (χ0n) is 15.2. The zero-order valence-corrected chi connectivity index (χ0v) is 18.1. The maximum Gasteiger partial charge on any atom is 0.333 e. The van der Waals surface area contributed by atoms with Crippen LogP contribution in [0.5, 0.6) is 5.75 Å². The van der Waals surface area contributed by atoms with Crippen molar-refractivity contribution in [2.75, 3.05) is 0 Å². The lowest BCUT2D eigenvalue weighted by Crippen LogP contribution is -2.34. The summed E-state index contributed by atoms with van der Waals surface area (Å²) in [7, 11) is 0. The third kappa shape index (κ3) is 3.94. The topological polar surface area (TPSA) is 89.9 Å². The van der Waals surface area contributed by atoms with Gasteiger partial charge in [-0.3, -0.25) is 9.78 Å². The van der Waals surface area contributed by atoms with Gasteiger partial charge in [-0.15, -0.1) is 0 Å². The van der Waals surface area contributed by atoms with Crippen LogP contribution in [0.3, 0.4) is 0 Å². The maximum absolute atomic E-state index is 13.8. The van der Waals surface area contributed by atoms with E-state index in [0.717, 1.165) is 10.1 Å². The number of benzene rings is 1. The molecule has 0 unspecified atom stereocenters. The Kier molecular flexibility index (Phi) is 5.82. The molecule has 1 N–H and O–H groups in total. The van der Waals surface area contributed by atoms with Crippen LogP contribution in [-0.2, 0) is 11.0 Å². The van der Waals surface area contributed by atoms with Gasteiger partial charge in [0.05, 0.1) is 22.8 Å². The van der Waals surface area contributed by atoms with Gasteiger partial charge in [0.2, 0.25) is 0 Å². The van der Waals surface area contributed by atoms with Crippen LogP contribution in [0.25, 0.3) is 16.6 Å². The first kappa shape index (κ1) is 20.5. The van der Waals surface area contributed by atoms with Gasteiger partial charge in [0, 0.05) is 16.7 Å². The minimum absolute atomic E-state index is 0.0973. The summed E-state index contributed by atoms with van der Waals surface area (Å²) in [6.07, 6.45) is 2.81. The van der Waals surface area contributed by atoms with E-state index in [2.05, 4.69) is 37.5 Å². The number of fused-ring (bicyclic) bond motifs is 1. The van der Waals surface area contributed by atoms with Crippen molar-refractivity contribution in [3.8, 4) is 11.4 Å². The van der Waals surface area contributed by atoms with Gasteiger partial charge in [0.1, 0.15) is 29.0 Å². The number of aromatic amines is 1. The number of hydrogen-bond donors (Lipinski definition) is 1. The molecule has 0 radical (unpaired) electrons. The van der Waals surface area contributed by atoms with E-state index in [1.165, 1.54) is 30.6 Å². The molecule has 0 spiro atoms. The van der Waals surface area contributed by atoms with E-state index in [-0.39, 0.29) is 22.8 Å². The van der Waals surface area contributed by atoms with Crippen LogP contribution in [0, 0.1) is 5.82 Å². The first-order valence-electron chi connectivity index (χ1n) is 8.70. The van der Waals surface area contributed by atoms with Crippen molar-refractivity contribution >= 4 is 45.1 Å². The summed E-state index contributed by atoms with van der Waals surface area (Å²) in [6.45, 7) is -0.0973. The van der Waals surface area contributed by atoms with Crippen LogP contribution in [0.4, 0.5) is 4.39 Å². The third-order valence-corrected chi connectivity index (χ3v) is 5.43. The summed E-state index contributed by atoms with van der Waals surface area (Å²) in [5.74, 6) is -0.114.